The van der Waals surface area contributed by atoms with Crippen molar-refractivity contribution in [1.82, 2.24) is 14.3 Å². The zero-order valence-electron chi connectivity index (χ0n) is 17.2. The maximum Gasteiger partial charge on any atom is 0.202 e. The highest BCUT2D eigenvalue weighted by atomic mass is 32.1. The van der Waals surface area contributed by atoms with Gasteiger partial charge < -0.3 is 14.2 Å². The van der Waals surface area contributed by atoms with Gasteiger partial charge in [-0.05, 0) is 67.2 Å². The van der Waals surface area contributed by atoms with Crippen LogP contribution in [0.4, 0.5) is 0 Å². The van der Waals surface area contributed by atoms with Gasteiger partial charge in [0, 0.05) is 12.6 Å². The molecule has 0 radical (unpaired) electrons. The summed E-state index contributed by atoms with van der Waals surface area (Å²) in [6, 6.07) is 18.8. The molecule has 1 fully saturated rings. The fraction of sp³-hybridized carbons (Fsp3) is 0.391. The van der Waals surface area contributed by atoms with Crippen molar-refractivity contribution < 1.29 is 9.64 Å². The average Bonchev–Trinajstić information content (AvgIpc) is 3.04. The Balaban J connectivity index is 1.39. The summed E-state index contributed by atoms with van der Waals surface area (Å²) in [5, 5.41) is 4.83. The van der Waals surface area contributed by atoms with E-state index in [1.165, 1.54) is 37.9 Å². The molecule has 0 aliphatic carbocycles. The predicted molar refractivity (Wildman–Crippen MR) is 118 cm³/mol. The molecule has 6 heteroatoms. The Kier molecular flexibility index (Phi) is 6.11. The molecule has 3 aromatic rings. The molecule has 0 bridgehead atoms. The van der Waals surface area contributed by atoms with Crippen molar-refractivity contribution in [2.45, 2.75) is 25.9 Å². The van der Waals surface area contributed by atoms with Gasteiger partial charge in [0.1, 0.15) is 5.75 Å². The normalized spacial score (nSPS) is 19.2. The van der Waals surface area contributed by atoms with Crippen molar-refractivity contribution in [3.05, 3.63) is 64.9 Å². The molecule has 0 unspecified atom stereocenters. The van der Waals surface area contributed by atoms with Crippen molar-refractivity contribution in [2.24, 2.45) is 13.0 Å². The summed E-state index contributed by atoms with van der Waals surface area (Å²) in [5.74, 6) is 2.53. The third-order valence-corrected chi connectivity index (χ3v) is 6.43. The highest BCUT2D eigenvalue weighted by molar-refractivity contribution is 7.71. The third kappa shape index (κ3) is 4.60. The van der Waals surface area contributed by atoms with E-state index < -0.39 is 0 Å². The van der Waals surface area contributed by atoms with Crippen molar-refractivity contribution >= 4 is 12.2 Å². The van der Waals surface area contributed by atoms with Crippen molar-refractivity contribution in [2.75, 3.05) is 20.2 Å². The van der Waals surface area contributed by atoms with Gasteiger partial charge in [-0.2, -0.15) is 4.68 Å². The molecule has 152 valence electrons. The van der Waals surface area contributed by atoms with Gasteiger partial charge in [-0.15, -0.1) is 5.10 Å². The second-order valence-corrected chi connectivity index (χ2v) is 8.30. The van der Waals surface area contributed by atoms with E-state index in [9.17, 15) is 0 Å². The number of rotatable bonds is 6. The van der Waals surface area contributed by atoms with Gasteiger partial charge in [0.25, 0.3) is 0 Å². The monoisotopic (exact) mass is 409 g/mol. The van der Waals surface area contributed by atoms with Gasteiger partial charge in [0.2, 0.25) is 4.77 Å². The number of benzene rings is 2. The summed E-state index contributed by atoms with van der Waals surface area (Å²) < 4.78 is 10.0. The largest absolute Gasteiger partial charge is 0.497 e. The average molecular weight is 410 g/mol. The van der Waals surface area contributed by atoms with Crippen molar-refractivity contribution in [1.29, 1.82) is 0 Å². The van der Waals surface area contributed by atoms with Crippen LogP contribution in [0.15, 0.2) is 54.6 Å². The number of piperidine rings is 1. The highest BCUT2D eigenvalue weighted by Gasteiger charge is 2.23. The van der Waals surface area contributed by atoms with Crippen LogP contribution >= 0.6 is 12.2 Å². The number of quaternary nitrogens is 1. The Morgan fingerprint density at radius 2 is 1.76 bits per heavy atom. The van der Waals surface area contributed by atoms with E-state index in [1.807, 2.05) is 40.6 Å². The number of ether oxygens (including phenoxy) is 1. The first kappa shape index (κ1) is 19.9. The molecular formula is C23H29N4OS+. The SMILES string of the molecule is COc1ccc(-c2nn(C[NH+]3CCC(Cc4ccccc4)CC3)c(=S)n2C)cc1. The fourth-order valence-electron chi connectivity index (χ4n) is 4.19. The van der Waals surface area contributed by atoms with Gasteiger partial charge in [0.05, 0.1) is 20.2 Å². The third-order valence-electron chi connectivity index (χ3n) is 5.94. The minimum atomic E-state index is 0.773. The van der Waals surface area contributed by atoms with Crippen LogP contribution in [0.5, 0.6) is 5.75 Å². The predicted octanol–water partition coefficient (Wildman–Crippen LogP) is 3.12. The first-order chi connectivity index (χ1) is 14.1. The molecule has 1 aliphatic heterocycles. The van der Waals surface area contributed by atoms with E-state index in [0.717, 1.165) is 34.5 Å². The number of aromatic nitrogens is 3. The van der Waals surface area contributed by atoms with Gasteiger partial charge >= 0.3 is 0 Å². The van der Waals surface area contributed by atoms with Crippen molar-refractivity contribution in [3.8, 4) is 17.1 Å². The zero-order chi connectivity index (χ0) is 20.2. The van der Waals surface area contributed by atoms with Crippen LogP contribution in [0.3, 0.4) is 0 Å². The first-order valence-electron chi connectivity index (χ1n) is 10.3. The van der Waals surface area contributed by atoms with Crippen molar-refractivity contribution in [3.63, 3.8) is 0 Å². The number of methoxy groups -OCH3 is 1. The Morgan fingerprint density at radius 3 is 2.41 bits per heavy atom. The lowest BCUT2D eigenvalue weighted by Crippen LogP contribution is -3.12. The topological polar surface area (TPSA) is 36.4 Å². The van der Waals surface area contributed by atoms with Gasteiger partial charge in [0.15, 0.2) is 12.5 Å². The van der Waals surface area contributed by atoms with Gasteiger partial charge in [-0.25, -0.2) is 0 Å². The Hall–Kier alpha value is -2.44. The molecule has 5 nitrogen and oxygen atoms in total. The molecule has 1 aliphatic rings. The van der Waals surface area contributed by atoms with E-state index in [0.29, 0.717) is 0 Å². The number of hydrogen-bond acceptors (Lipinski definition) is 3. The number of nitrogens with one attached hydrogen (secondary N) is 1. The van der Waals surface area contributed by atoms with Crippen LogP contribution in [0, 0.1) is 10.7 Å². The number of likely N-dealkylation sites (tertiary alicyclic amines) is 1. The number of hydrogen-bond donors (Lipinski definition) is 1. The summed E-state index contributed by atoms with van der Waals surface area (Å²) in [6.07, 6.45) is 3.71. The van der Waals surface area contributed by atoms with E-state index in [-0.39, 0.29) is 0 Å². The lowest BCUT2D eigenvalue weighted by molar-refractivity contribution is -0.929. The minimum absolute atomic E-state index is 0.773. The molecule has 1 saturated heterocycles. The smallest absolute Gasteiger partial charge is 0.202 e. The summed E-state index contributed by atoms with van der Waals surface area (Å²) in [4.78, 5) is 1.56. The fourth-order valence-corrected chi connectivity index (χ4v) is 4.38. The molecule has 0 saturated carbocycles. The Morgan fingerprint density at radius 1 is 1.07 bits per heavy atom. The molecule has 4 rings (SSSR count). The standard InChI is InChI=1S/C23H28N4OS/c1-25-22(20-8-10-21(28-2)11-9-20)24-27(23(25)29)17-26-14-12-19(13-15-26)16-18-6-4-3-5-7-18/h3-11,19H,12-17H2,1-2H3/p+1. The summed E-state index contributed by atoms with van der Waals surface area (Å²) >= 11 is 5.67. The second-order valence-electron chi connectivity index (χ2n) is 7.93. The maximum absolute atomic E-state index is 5.67. The molecule has 1 N–H and O–H groups in total. The minimum Gasteiger partial charge on any atom is -0.497 e. The molecule has 0 spiro atoms. The molecule has 0 amide bonds. The van der Waals surface area contributed by atoms with E-state index in [4.69, 9.17) is 22.1 Å². The van der Waals surface area contributed by atoms with Crippen LogP contribution in [0.1, 0.15) is 18.4 Å². The summed E-state index contributed by atoms with van der Waals surface area (Å²) in [7, 11) is 3.67. The van der Waals surface area contributed by atoms with E-state index >= 15 is 0 Å². The summed E-state index contributed by atoms with van der Waals surface area (Å²) in [5.41, 5.74) is 2.51. The second kappa shape index (κ2) is 8.93. The van der Waals surface area contributed by atoms with E-state index in [2.05, 4.69) is 30.3 Å². The van der Waals surface area contributed by atoms with Crippen LogP contribution in [0.25, 0.3) is 11.4 Å². The van der Waals surface area contributed by atoms with Crippen LogP contribution in [-0.4, -0.2) is 34.5 Å². The Bertz CT molecular complexity index is 986. The quantitative estimate of drug-likeness (QED) is 0.636. The molecule has 0 atom stereocenters. The maximum atomic E-state index is 5.67. The van der Waals surface area contributed by atoms with Crippen LogP contribution in [-0.2, 0) is 20.1 Å². The molecule has 2 heterocycles. The summed E-state index contributed by atoms with van der Waals surface area (Å²) in [6.45, 7) is 3.18. The first-order valence-corrected chi connectivity index (χ1v) is 10.7. The molecular weight excluding hydrogens is 380 g/mol. The lowest BCUT2D eigenvalue weighted by atomic mass is 9.90. The Labute approximate surface area is 177 Å². The molecule has 2 aromatic carbocycles. The number of nitrogens with zero attached hydrogens (tertiary/aromatic N) is 3. The van der Waals surface area contributed by atoms with Crippen LogP contribution < -0.4 is 9.64 Å². The highest BCUT2D eigenvalue weighted by Crippen LogP contribution is 2.21. The van der Waals surface area contributed by atoms with Crippen LogP contribution in [0.2, 0.25) is 0 Å². The lowest BCUT2D eigenvalue weighted by Gasteiger charge is -2.29. The molecule has 29 heavy (non-hydrogen) atoms. The van der Waals surface area contributed by atoms with Gasteiger partial charge in [-0.3, -0.25) is 0 Å². The molecule has 1 aromatic heterocycles. The van der Waals surface area contributed by atoms with Gasteiger partial charge in [-0.1, -0.05) is 30.3 Å². The zero-order valence-corrected chi connectivity index (χ0v) is 18.0. The van der Waals surface area contributed by atoms with E-state index in [1.54, 1.807) is 12.0 Å².